The summed E-state index contributed by atoms with van der Waals surface area (Å²) in [5.41, 5.74) is -2.53. The number of nitrogens with zero attached hydrogens (tertiary/aromatic N) is 1. The first-order valence-corrected chi connectivity index (χ1v) is 11.5. The van der Waals surface area contributed by atoms with Crippen LogP contribution in [0.15, 0.2) is 30.0 Å². The van der Waals surface area contributed by atoms with E-state index in [1.165, 1.54) is 7.11 Å². The summed E-state index contributed by atoms with van der Waals surface area (Å²) >= 11 is 0. The van der Waals surface area contributed by atoms with Crippen molar-refractivity contribution in [2.24, 2.45) is 5.41 Å². The fourth-order valence-corrected chi connectivity index (χ4v) is 6.77. The molecule has 9 nitrogen and oxygen atoms in total. The number of rotatable bonds is 6. The van der Waals surface area contributed by atoms with Crippen LogP contribution in [0.1, 0.15) is 32.3 Å². The third-order valence-corrected chi connectivity index (χ3v) is 7.95. The molecule has 2 bridgehead atoms. The molecule has 0 aromatic heterocycles. The number of hydrogen-bond acceptors (Lipinski definition) is 9. The maximum Gasteiger partial charge on any atom is 0.323 e. The van der Waals surface area contributed by atoms with Gasteiger partial charge >= 0.3 is 11.9 Å². The van der Waals surface area contributed by atoms with Crippen LogP contribution < -0.4 is 9.64 Å². The molecule has 182 valence electrons. The van der Waals surface area contributed by atoms with Crippen LogP contribution in [0.2, 0.25) is 0 Å². The minimum absolute atomic E-state index is 0.0138. The number of fused-ring (bicyclic) bond motifs is 3. The van der Waals surface area contributed by atoms with Gasteiger partial charge in [0.2, 0.25) is 5.78 Å². The molecule has 1 aromatic rings. The smallest absolute Gasteiger partial charge is 0.323 e. The molecular formula is C25H29NO8. The molecule has 0 amide bonds. The summed E-state index contributed by atoms with van der Waals surface area (Å²) in [6, 6.07) is 5.32. The molecule has 9 heteroatoms. The number of ether oxygens (including phenoxy) is 5. The molecule has 0 unspecified atom stereocenters. The highest BCUT2D eigenvalue weighted by molar-refractivity contribution is 6.09. The van der Waals surface area contributed by atoms with Gasteiger partial charge in [-0.3, -0.25) is 14.4 Å². The molecule has 1 saturated carbocycles. The molecule has 3 aliphatic heterocycles. The van der Waals surface area contributed by atoms with Gasteiger partial charge < -0.3 is 28.6 Å². The molecule has 4 aliphatic rings. The van der Waals surface area contributed by atoms with Gasteiger partial charge in [0, 0.05) is 19.2 Å². The third-order valence-electron chi connectivity index (χ3n) is 7.95. The molecule has 1 aromatic carbocycles. The Balaban J connectivity index is 1.80. The van der Waals surface area contributed by atoms with E-state index in [1.54, 1.807) is 27.0 Å². The lowest BCUT2D eigenvalue weighted by Crippen LogP contribution is -2.54. The fraction of sp³-hybridized carbons (Fsp3) is 0.560. The number of methoxy groups -OCH3 is 2. The number of anilines is 1. The SMILES string of the molecule is CCOC(=O)C1(C(=O)OCC)C[C@@]23O[C@@H](C=C(OC)C2=O)[C@H]2N(C)c4ccc(OC)cc4[C@]23C1. The zero-order chi connectivity index (χ0) is 24.5. The van der Waals surface area contributed by atoms with Crippen LogP contribution in [0, 0.1) is 5.41 Å². The molecule has 0 N–H and O–H groups in total. The Hall–Kier alpha value is -3.07. The van der Waals surface area contributed by atoms with Crippen molar-refractivity contribution in [1.29, 1.82) is 0 Å². The van der Waals surface area contributed by atoms with E-state index in [0.717, 1.165) is 11.3 Å². The molecule has 2 spiro atoms. The molecule has 0 radical (unpaired) electrons. The average Bonchev–Trinajstić information content (AvgIpc) is 3.35. The lowest BCUT2D eigenvalue weighted by Gasteiger charge is -2.38. The topological polar surface area (TPSA) is 101 Å². The number of carbonyl (C=O) groups excluding carboxylic acids is 3. The summed E-state index contributed by atoms with van der Waals surface area (Å²) in [7, 11) is 4.94. The van der Waals surface area contributed by atoms with Crippen molar-refractivity contribution >= 4 is 23.4 Å². The summed E-state index contributed by atoms with van der Waals surface area (Å²) in [6.07, 6.45) is 1.06. The van der Waals surface area contributed by atoms with Gasteiger partial charge in [-0.2, -0.15) is 0 Å². The summed E-state index contributed by atoms with van der Waals surface area (Å²) in [4.78, 5) is 43.0. The molecule has 4 atom stereocenters. The van der Waals surface area contributed by atoms with Crippen molar-refractivity contribution in [3.8, 4) is 5.75 Å². The monoisotopic (exact) mass is 471 g/mol. The van der Waals surface area contributed by atoms with Crippen LogP contribution in [0.3, 0.4) is 0 Å². The summed E-state index contributed by atoms with van der Waals surface area (Å²) in [6.45, 7) is 3.54. The highest BCUT2D eigenvalue weighted by Gasteiger charge is 2.83. The zero-order valence-electron chi connectivity index (χ0n) is 20.0. The Bertz CT molecular complexity index is 1090. The van der Waals surface area contributed by atoms with Crippen LogP contribution in [-0.4, -0.2) is 69.9 Å². The Morgan fingerprint density at radius 2 is 1.76 bits per heavy atom. The van der Waals surface area contributed by atoms with E-state index in [-0.39, 0.29) is 43.6 Å². The van der Waals surface area contributed by atoms with Crippen molar-refractivity contribution in [2.45, 2.75) is 49.9 Å². The van der Waals surface area contributed by atoms with Gasteiger partial charge in [-0.25, -0.2) is 0 Å². The Morgan fingerprint density at radius 1 is 1.09 bits per heavy atom. The summed E-state index contributed by atoms with van der Waals surface area (Å²) in [5.74, 6) is -1.01. The number of hydrogen-bond donors (Lipinski definition) is 0. The van der Waals surface area contributed by atoms with Crippen LogP contribution in [0.25, 0.3) is 0 Å². The van der Waals surface area contributed by atoms with Gasteiger partial charge in [0.1, 0.15) is 17.5 Å². The van der Waals surface area contributed by atoms with Crippen LogP contribution >= 0.6 is 0 Å². The summed E-state index contributed by atoms with van der Waals surface area (Å²) in [5, 5.41) is 0. The van der Waals surface area contributed by atoms with Gasteiger partial charge in [0.05, 0.1) is 38.9 Å². The second kappa shape index (κ2) is 7.46. The number of carbonyl (C=O) groups is 3. The van der Waals surface area contributed by atoms with E-state index in [9.17, 15) is 14.4 Å². The first-order valence-electron chi connectivity index (χ1n) is 11.5. The van der Waals surface area contributed by atoms with E-state index in [4.69, 9.17) is 23.7 Å². The first kappa shape index (κ1) is 22.7. The molecule has 1 saturated heterocycles. The van der Waals surface area contributed by atoms with Gasteiger partial charge in [0.15, 0.2) is 11.2 Å². The van der Waals surface area contributed by atoms with E-state index >= 15 is 0 Å². The second-order valence-corrected chi connectivity index (χ2v) is 9.26. The minimum atomic E-state index is -1.70. The van der Waals surface area contributed by atoms with Gasteiger partial charge in [-0.05, 0) is 50.1 Å². The quantitative estimate of drug-likeness (QED) is 0.455. The number of benzene rings is 1. The maximum absolute atomic E-state index is 14.0. The Kier molecular flexibility index (Phi) is 4.99. The number of esters is 2. The molecule has 5 rings (SSSR count). The second-order valence-electron chi connectivity index (χ2n) is 9.26. The normalized spacial score (nSPS) is 31.9. The van der Waals surface area contributed by atoms with Crippen molar-refractivity contribution in [1.82, 2.24) is 0 Å². The predicted octanol–water partition coefficient (Wildman–Crippen LogP) is 1.91. The zero-order valence-corrected chi connectivity index (χ0v) is 20.0. The van der Waals surface area contributed by atoms with Crippen molar-refractivity contribution in [3.05, 3.63) is 35.6 Å². The van der Waals surface area contributed by atoms with E-state index in [1.807, 2.05) is 25.2 Å². The predicted molar refractivity (Wildman–Crippen MR) is 119 cm³/mol. The van der Waals surface area contributed by atoms with E-state index < -0.39 is 34.5 Å². The third kappa shape index (κ3) is 2.45. The summed E-state index contributed by atoms with van der Waals surface area (Å²) < 4.78 is 28.3. The number of likely N-dealkylation sites (N-methyl/N-ethyl adjacent to an activating group) is 1. The lowest BCUT2D eigenvalue weighted by atomic mass is 9.66. The van der Waals surface area contributed by atoms with Crippen molar-refractivity contribution < 1.29 is 38.1 Å². The Labute approximate surface area is 197 Å². The minimum Gasteiger partial charge on any atom is -0.497 e. The molecule has 2 fully saturated rings. The molecular weight excluding hydrogens is 442 g/mol. The molecule has 3 heterocycles. The van der Waals surface area contributed by atoms with Crippen LogP contribution in [-0.2, 0) is 38.7 Å². The van der Waals surface area contributed by atoms with Gasteiger partial charge in [0.25, 0.3) is 0 Å². The fourth-order valence-electron chi connectivity index (χ4n) is 6.77. The maximum atomic E-state index is 14.0. The van der Waals surface area contributed by atoms with Crippen LogP contribution in [0.4, 0.5) is 5.69 Å². The van der Waals surface area contributed by atoms with E-state index in [0.29, 0.717) is 5.75 Å². The average molecular weight is 472 g/mol. The van der Waals surface area contributed by atoms with Crippen molar-refractivity contribution in [2.75, 3.05) is 39.4 Å². The Morgan fingerprint density at radius 3 is 2.35 bits per heavy atom. The van der Waals surface area contributed by atoms with Crippen LogP contribution in [0.5, 0.6) is 5.75 Å². The standard InChI is InChI=1S/C25H29NO8/c1-6-32-21(28)23(22(29)33-7-2)12-24-15-10-14(30-4)8-9-16(15)26(3)19(24)17-11-18(31-5)20(27)25(24,13-23)34-17/h8-11,17,19H,6-7,12-13H2,1-5H3/t17-,19+,24+,25+/m0/s1. The largest absolute Gasteiger partial charge is 0.497 e. The van der Waals surface area contributed by atoms with Gasteiger partial charge in [-0.15, -0.1) is 0 Å². The number of ketones is 1. The molecule has 34 heavy (non-hydrogen) atoms. The van der Waals surface area contributed by atoms with Gasteiger partial charge in [-0.1, -0.05) is 0 Å². The highest BCUT2D eigenvalue weighted by Crippen LogP contribution is 2.71. The van der Waals surface area contributed by atoms with E-state index in [2.05, 4.69) is 4.90 Å². The lowest BCUT2D eigenvalue weighted by molar-refractivity contribution is -0.175. The number of Topliss-reactive ketones (excluding diaryl/α,β-unsaturated/α-hetero) is 1. The van der Waals surface area contributed by atoms with Crippen molar-refractivity contribution in [3.63, 3.8) is 0 Å². The molecule has 1 aliphatic carbocycles. The highest BCUT2D eigenvalue weighted by atomic mass is 16.6. The first-order chi connectivity index (χ1) is 16.3.